The largest absolute Gasteiger partial charge is 0.302 e. The average molecular weight is 170 g/mol. The summed E-state index contributed by atoms with van der Waals surface area (Å²) in [6.07, 6.45) is 7.10. The smallest absolute Gasteiger partial charge is 0.0574 e. The van der Waals surface area contributed by atoms with E-state index in [1.807, 2.05) is 0 Å². The maximum Gasteiger partial charge on any atom is 0.0574 e. The van der Waals surface area contributed by atoms with E-state index in [2.05, 4.69) is 24.5 Å². The van der Waals surface area contributed by atoms with Gasteiger partial charge in [0.05, 0.1) is 6.17 Å². The number of nitrogens with one attached hydrogen (secondary N) is 2. The maximum atomic E-state index is 3.66. The molecule has 0 aliphatic carbocycles. The van der Waals surface area contributed by atoms with Gasteiger partial charge in [0, 0.05) is 6.04 Å². The van der Waals surface area contributed by atoms with Gasteiger partial charge in [0.25, 0.3) is 0 Å². The summed E-state index contributed by atoms with van der Waals surface area (Å²) in [5.74, 6) is 0. The van der Waals surface area contributed by atoms with Gasteiger partial charge in [-0.05, 0) is 32.2 Å². The predicted octanol–water partition coefficient (Wildman–Crippen LogP) is 1.86. The van der Waals surface area contributed by atoms with E-state index < -0.39 is 0 Å². The Morgan fingerprint density at radius 3 is 2.83 bits per heavy atom. The van der Waals surface area contributed by atoms with Crippen LogP contribution >= 0.6 is 0 Å². The zero-order valence-corrected chi connectivity index (χ0v) is 8.40. The Hall–Kier alpha value is -0.0800. The second-order valence-electron chi connectivity index (χ2n) is 3.71. The molecule has 0 amide bonds. The van der Waals surface area contributed by atoms with E-state index in [0.29, 0.717) is 6.17 Å². The third kappa shape index (κ3) is 3.11. The van der Waals surface area contributed by atoms with Crippen molar-refractivity contribution in [1.82, 2.24) is 10.6 Å². The van der Waals surface area contributed by atoms with Crippen molar-refractivity contribution in [3.8, 4) is 0 Å². The van der Waals surface area contributed by atoms with Crippen molar-refractivity contribution in [3.05, 3.63) is 0 Å². The third-order valence-electron chi connectivity index (χ3n) is 2.63. The molecule has 1 heterocycles. The Labute approximate surface area is 76.1 Å². The Kier molecular flexibility index (Phi) is 4.62. The van der Waals surface area contributed by atoms with Gasteiger partial charge in [0.15, 0.2) is 0 Å². The molecule has 1 aliphatic rings. The van der Waals surface area contributed by atoms with E-state index in [1.54, 1.807) is 0 Å². The fourth-order valence-electron chi connectivity index (χ4n) is 1.87. The van der Waals surface area contributed by atoms with Gasteiger partial charge in [-0.1, -0.05) is 20.3 Å². The topological polar surface area (TPSA) is 24.1 Å². The van der Waals surface area contributed by atoms with Crippen LogP contribution in [0.2, 0.25) is 0 Å². The summed E-state index contributed by atoms with van der Waals surface area (Å²) in [6, 6.07) is 0.727. The summed E-state index contributed by atoms with van der Waals surface area (Å²) < 4.78 is 0. The molecular formula is C10H22N2. The molecule has 1 rings (SSSR count). The molecule has 2 unspecified atom stereocenters. The lowest BCUT2D eigenvalue weighted by atomic mass is 10.1. The van der Waals surface area contributed by atoms with Gasteiger partial charge in [-0.25, -0.2) is 0 Å². The lowest BCUT2D eigenvalue weighted by molar-refractivity contribution is 0.378. The lowest BCUT2D eigenvalue weighted by Crippen LogP contribution is -2.43. The van der Waals surface area contributed by atoms with Crippen LogP contribution < -0.4 is 10.6 Å². The van der Waals surface area contributed by atoms with Crippen LogP contribution in [0.3, 0.4) is 0 Å². The van der Waals surface area contributed by atoms with Gasteiger partial charge >= 0.3 is 0 Å². The molecule has 2 atom stereocenters. The second-order valence-corrected chi connectivity index (χ2v) is 3.71. The third-order valence-corrected chi connectivity index (χ3v) is 2.63. The number of rotatable bonds is 5. The summed E-state index contributed by atoms with van der Waals surface area (Å²) in [5, 5.41) is 7.12. The summed E-state index contributed by atoms with van der Waals surface area (Å²) >= 11 is 0. The molecule has 0 bridgehead atoms. The van der Waals surface area contributed by atoms with Crippen molar-refractivity contribution in [2.45, 2.75) is 58.2 Å². The first kappa shape index (κ1) is 10.0. The van der Waals surface area contributed by atoms with E-state index in [9.17, 15) is 0 Å². The second kappa shape index (κ2) is 5.55. The molecule has 72 valence electrons. The van der Waals surface area contributed by atoms with Crippen molar-refractivity contribution in [2.24, 2.45) is 0 Å². The van der Waals surface area contributed by atoms with Gasteiger partial charge in [-0.15, -0.1) is 0 Å². The zero-order chi connectivity index (χ0) is 8.81. The van der Waals surface area contributed by atoms with E-state index in [1.165, 1.54) is 38.6 Å². The van der Waals surface area contributed by atoms with Crippen LogP contribution in [-0.2, 0) is 0 Å². The summed E-state index contributed by atoms with van der Waals surface area (Å²) in [7, 11) is 0. The van der Waals surface area contributed by atoms with Crippen LogP contribution in [0.4, 0.5) is 0 Å². The molecule has 1 saturated heterocycles. The molecule has 1 fully saturated rings. The Morgan fingerprint density at radius 2 is 2.33 bits per heavy atom. The highest BCUT2D eigenvalue weighted by Crippen LogP contribution is 2.07. The first-order valence-electron chi connectivity index (χ1n) is 5.36. The number of hydrogen-bond donors (Lipinski definition) is 2. The van der Waals surface area contributed by atoms with Crippen molar-refractivity contribution < 1.29 is 0 Å². The average Bonchev–Trinajstić information content (AvgIpc) is 2.56. The standard InChI is InChI=1S/C10H22N2/c1-3-6-9(4-2)12-10-7-5-8-11-10/h9-12H,3-8H2,1-2H3. The van der Waals surface area contributed by atoms with E-state index >= 15 is 0 Å². The molecule has 0 radical (unpaired) electrons. The normalized spacial score (nSPS) is 26.0. The van der Waals surface area contributed by atoms with Crippen molar-refractivity contribution in [1.29, 1.82) is 0 Å². The molecule has 12 heavy (non-hydrogen) atoms. The summed E-state index contributed by atoms with van der Waals surface area (Å²) in [6.45, 7) is 5.72. The van der Waals surface area contributed by atoms with E-state index in [-0.39, 0.29) is 0 Å². The van der Waals surface area contributed by atoms with Gasteiger partial charge in [-0.3, -0.25) is 5.32 Å². The fourth-order valence-corrected chi connectivity index (χ4v) is 1.87. The quantitative estimate of drug-likeness (QED) is 0.658. The molecule has 2 heteroatoms. The van der Waals surface area contributed by atoms with Crippen LogP contribution in [0.25, 0.3) is 0 Å². The Morgan fingerprint density at radius 1 is 1.50 bits per heavy atom. The zero-order valence-electron chi connectivity index (χ0n) is 8.40. The molecule has 0 aromatic rings. The van der Waals surface area contributed by atoms with Crippen molar-refractivity contribution in [2.75, 3.05) is 6.54 Å². The Bertz CT molecular complexity index is 108. The molecule has 2 N–H and O–H groups in total. The van der Waals surface area contributed by atoms with Crippen LogP contribution in [0.5, 0.6) is 0 Å². The highest BCUT2D eigenvalue weighted by atomic mass is 15.1. The minimum atomic E-state index is 0.599. The minimum Gasteiger partial charge on any atom is -0.302 e. The van der Waals surface area contributed by atoms with Crippen LogP contribution in [0.1, 0.15) is 46.0 Å². The minimum absolute atomic E-state index is 0.599. The summed E-state index contributed by atoms with van der Waals surface area (Å²) in [4.78, 5) is 0. The Balaban J connectivity index is 2.16. The SMILES string of the molecule is CCCC(CC)NC1CCCN1. The van der Waals surface area contributed by atoms with E-state index in [0.717, 1.165) is 6.04 Å². The molecule has 1 aliphatic heterocycles. The first-order valence-corrected chi connectivity index (χ1v) is 5.36. The van der Waals surface area contributed by atoms with Gasteiger partial charge in [0.1, 0.15) is 0 Å². The molecular weight excluding hydrogens is 148 g/mol. The lowest BCUT2D eigenvalue weighted by Gasteiger charge is -2.21. The van der Waals surface area contributed by atoms with Crippen LogP contribution in [0.15, 0.2) is 0 Å². The molecule has 0 saturated carbocycles. The van der Waals surface area contributed by atoms with Gasteiger partial charge < -0.3 is 5.32 Å². The number of hydrogen-bond acceptors (Lipinski definition) is 2. The monoisotopic (exact) mass is 170 g/mol. The predicted molar refractivity (Wildman–Crippen MR) is 53.1 cm³/mol. The highest BCUT2D eigenvalue weighted by molar-refractivity contribution is 4.76. The summed E-state index contributed by atoms with van der Waals surface area (Å²) in [5.41, 5.74) is 0. The van der Waals surface area contributed by atoms with Crippen LogP contribution in [-0.4, -0.2) is 18.8 Å². The molecule has 0 aromatic heterocycles. The molecule has 0 aromatic carbocycles. The van der Waals surface area contributed by atoms with Gasteiger partial charge in [-0.2, -0.15) is 0 Å². The highest BCUT2D eigenvalue weighted by Gasteiger charge is 2.16. The van der Waals surface area contributed by atoms with Gasteiger partial charge in [0.2, 0.25) is 0 Å². The van der Waals surface area contributed by atoms with E-state index in [4.69, 9.17) is 0 Å². The fraction of sp³-hybridized carbons (Fsp3) is 1.00. The first-order chi connectivity index (χ1) is 5.86. The van der Waals surface area contributed by atoms with Crippen LogP contribution in [0, 0.1) is 0 Å². The van der Waals surface area contributed by atoms with Crippen molar-refractivity contribution in [3.63, 3.8) is 0 Å². The molecule has 0 spiro atoms. The van der Waals surface area contributed by atoms with Crippen molar-refractivity contribution >= 4 is 0 Å². The maximum absolute atomic E-state index is 3.66. The molecule has 2 nitrogen and oxygen atoms in total.